The summed E-state index contributed by atoms with van der Waals surface area (Å²) in [6.07, 6.45) is 2.63. The third-order valence-electron chi connectivity index (χ3n) is 6.00. The van der Waals surface area contributed by atoms with Crippen LogP contribution in [-0.2, 0) is 0 Å². The first kappa shape index (κ1) is 18.0. The molecule has 0 N–H and O–H groups in total. The first-order chi connectivity index (χ1) is 7.98. The van der Waals surface area contributed by atoms with Crippen molar-refractivity contribution in [3.8, 4) is 0 Å². The molecular weight excluding hydrogens is 216 g/mol. The molecule has 0 spiro atoms. The van der Waals surface area contributed by atoms with E-state index < -0.39 is 0 Å². The summed E-state index contributed by atoms with van der Waals surface area (Å²) in [6, 6.07) is 0. The van der Waals surface area contributed by atoms with Crippen LogP contribution in [0, 0.1) is 34.5 Å². The van der Waals surface area contributed by atoms with E-state index in [1.54, 1.807) is 0 Å². The molecule has 0 aliphatic rings. The van der Waals surface area contributed by atoms with Crippen LogP contribution in [0.2, 0.25) is 0 Å². The first-order valence-electron chi connectivity index (χ1n) is 7.98. The lowest BCUT2D eigenvalue weighted by atomic mass is 9.59. The fourth-order valence-electron chi connectivity index (χ4n) is 3.52. The van der Waals surface area contributed by atoms with E-state index in [1.807, 2.05) is 0 Å². The second-order valence-corrected chi connectivity index (χ2v) is 8.24. The van der Waals surface area contributed by atoms with Crippen molar-refractivity contribution < 1.29 is 0 Å². The molecule has 0 heteroatoms. The minimum absolute atomic E-state index is 0.433. The van der Waals surface area contributed by atoms with Gasteiger partial charge in [-0.05, 0) is 40.9 Å². The second-order valence-electron chi connectivity index (χ2n) is 8.24. The zero-order valence-corrected chi connectivity index (χ0v) is 14.7. The summed E-state index contributed by atoms with van der Waals surface area (Å²) in [4.78, 5) is 0. The van der Waals surface area contributed by atoms with Gasteiger partial charge in [-0.25, -0.2) is 0 Å². The minimum atomic E-state index is 0.433. The topological polar surface area (TPSA) is 0 Å². The van der Waals surface area contributed by atoms with Gasteiger partial charge in [-0.3, -0.25) is 0 Å². The molecule has 0 bridgehead atoms. The van der Waals surface area contributed by atoms with Crippen LogP contribution in [0.15, 0.2) is 0 Å². The van der Waals surface area contributed by atoms with Gasteiger partial charge in [0, 0.05) is 0 Å². The van der Waals surface area contributed by atoms with Crippen molar-refractivity contribution in [2.45, 2.75) is 82.1 Å². The van der Waals surface area contributed by atoms with Gasteiger partial charge < -0.3 is 0 Å². The SMILES string of the molecule is CCC(C)(CC(C)(C)C(C)C(C)C)C(C)C(C)C. The molecule has 0 aromatic heterocycles. The summed E-state index contributed by atoms with van der Waals surface area (Å²) in [6.45, 7) is 24.2. The van der Waals surface area contributed by atoms with Gasteiger partial charge in [-0.1, -0.05) is 75.7 Å². The molecule has 0 saturated carbocycles. The van der Waals surface area contributed by atoms with Gasteiger partial charge >= 0.3 is 0 Å². The van der Waals surface area contributed by atoms with Crippen LogP contribution in [0.4, 0.5) is 0 Å². The van der Waals surface area contributed by atoms with Gasteiger partial charge in [0.05, 0.1) is 0 Å². The highest BCUT2D eigenvalue weighted by Gasteiger charge is 2.39. The van der Waals surface area contributed by atoms with Crippen molar-refractivity contribution in [1.82, 2.24) is 0 Å². The molecule has 0 heterocycles. The molecule has 0 amide bonds. The van der Waals surface area contributed by atoms with Crippen molar-refractivity contribution in [3.63, 3.8) is 0 Å². The van der Waals surface area contributed by atoms with Crippen molar-refractivity contribution in [1.29, 1.82) is 0 Å². The molecule has 0 aliphatic heterocycles. The Hall–Kier alpha value is 0. The standard InChI is InChI=1S/C18H38/c1-11-18(10,16(7)14(4)5)12-17(8,9)15(6)13(2)3/h13-16H,11-12H2,1-10H3. The van der Waals surface area contributed by atoms with Gasteiger partial charge in [-0.2, -0.15) is 0 Å². The lowest BCUT2D eigenvalue weighted by Gasteiger charge is -2.46. The summed E-state index contributed by atoms with van der Waals surface area (Å²) in [7, 11) is 0. The van der Waals surface area contributed by atoms with Gasteiger partial charge in [0.1, 0.15) is 0 Å². The van der Waals surface area contributed by atoms with E-state index in [0.29, 0.717) is 10.8 Å². The quantitative estimate of drug-likeness (QED) is 0.493. The number of hydrogen-bond donors (Lipinski definition) is 0. The Balaban J connectivity index is 5.01. The van der Waals surface area contributed by atoms with E-state index in [9.17, 15) is 0 Å². The van der Waals surface area contributed by atoms with Crippen molar-refractivity contribution >= 4 is 0 Å². The molecule has 0 aromatic rings. The Labute approximate surface area is 117 Å². The monoisotopic (exact) mass is 254 g/mol. The Kier molecular flexibility index (Phi) is 6.44. The van der Waals surface area contributed by atoms with Crippen LogP contribution in [-0.4, -0.2) is 0 Å². The fraction of sp³-hybridized carbons (Fsp3) is 1.00. The largest absolute Gasteiger partial charge is 0.0649 e. The normalized spacial score (nSPS) is 20.0. The Morgan fingerprint density at radius 3 is 1.39 bits per heavy atom. The lowest BCUT2D eigenvalue weighted by molar-refractivity contribution is 0.0373. The molecule has 0 aromatic carbocycles. The first-order valence-corrected chi connectivity index (χ1v) is 7.98. The van der Waals surface area contributed by atoms with Crippen LogP contribution >= 0.6 is 0 Å². The average Bonchev–Trinajstić information content (AvgIpc) is 2.25. The van der Waals surface area contributed by atoms with E-state index in [2.05, 4.69) is 69.2 Å². The van der Waals surface area contributed by atoms with E-state index >= 15 is 0 Å². The molecule has 3 unspecified atom stereocenters. The third-order valence-corrected chi connectivity index (χ3v) is 6.00. The molecule has 0 nitrogen and oxygen atoms in total. The van der Waals surface area contributed by atoms with Crippen LogP contribution in [0.1, 0.15) is 82.1 Å². The predicted molar refractivity (Wildman–Crippen MR) is 84.8 cm³/mol. The average molecular weight is 255 g/mol. The van der Waals surface area contributed by atoms with Crippen molar-refractivity contribution in [2.24, 2.45) is 34.5 Å². The summed E-state index contributed by atoms with van der Waals surface area (Å²) < 4.78 is 0. The van der Waals surface area contributed by atoms with E-state index in [4.69, 9.17) is 0 Å². The molecule has 18 heavy (non-hydrogen) atoms. The molecular formula is C18H38. The zero-order valence-electron chi connectivity index (χ0n) is 14.7. The summed E-state index contributed by atoms with van der Waals surface area (Å²) >= 11 is 0. The van der Waals surface area contributed by atoms with Crippen LogP contribution in [0.25, 0.3) is 0 Å². The Bertz CT molecular complexity index is 236. The number of hydrogen-bond acceptors (Lipinski definition) is 0. The Morgan fingerprint density at radius 2 is 1.11 bits per heavy atom. The van der Waals surface area contributed by atoms with E-state index in [1.165, 1.54) is 12.8 Å². The smallest absolute Gasteiger partial charge is 0.0295 e. The molecule has 0 fully saturated rings. The molecule has 0 saturated heterocycles. The van der Waals surface area contributed by atoms with Crippen molar-refractivity contribution in [3.05, 3.63) is 0 Å². The van der Waals surface area contributed by atoms with Crippen LogP contribution in [0.5, 0.6) is 0 Å². The van der Waals surface area contributed by atoms with E-state index in [0.717, 1.165) is 23.7 Å². The summed E-state index contributed by atoms with van der Waals surface area (Å²) in [5.74, 6) is 3.12. The highest BCUT2D eigenvalue weighted by molar-refractivity contribution is 4.89. The van der Waals surface area contributed by atoms with Gasteiger partial charge in [0.25, 0.3) is 0 Å². The molecule has 0 aliphatic carbocycles. The minimum Gasteiger partial charge on any atom is -0.0649 e. The molecule has 3 atom stereocenters. The third kappa shape index (κ3) is 4.28. The maximum absolute atomic E-state index is 2.51. The fourth-order valence-corrected chi connectivity index (χ4v) is 3.52. The van der Waals surface area contributed by atoms with Gasteiger partial charge in [0.15, 0.2) is 0 Å². The Morgan fingerprint density at radius 1 is 0.722 bits per heavy atom. The zero-order chi connectivity index (χ0) is 14.7. The molecule has 110 valence electrons. The maximum atomic E-state index is 2.51. The van der Waals surface area contributed by atoms with Crippen LogP contribution < -0.4 is 0 Å². The highest BCUT2D eigenvalue weighted by atomic mass is 14.4. The molecule has 0 rings (SSSR count). The summed E-state index contributed by atoms with van der Waals surface area (Å²) in [5.41, 5.74) is 0.906. The van der Waals surface area contributed by atoms with E-state index in [-0.39, 0.29) is 0 Å². The number of rotatable bonds is 7. The highest BCUT2D eigenvalue weighted by Crippen LogP contribution is 2.48. The van der Waals surface area contributed by atoms with Crippen molar-refractivity contribution in [2.75, 3.05) is 0 Å². The molecule has 0 radical (unpaired) electrons. The van der Waals surface area contributed by atoms with Crippen LogP contribution in [0.3, 0.4) is 0 Å². The lowest BCUT2D eigenvalue weighted by Crippen LogP contribution is -2.37. The van der Waals surface area contributed by atoms with Gasteiger partial charge in [-0.15, -0.1) is 0 Å². The predicted octanol–water partition coefficient (Wildman–Crippen LogP) is 6.40. The summed E-state index contributed by atoms with van der Waals surface area (Å²) in [5, 5.41) is 0. The second kappa shape index (κ2) is 6.44. The van der Waals surface area contributed by atoms with Gasteiger partial charge in [0.2, 0.25) is 0 Å². The maximum Gasteiger partial charge on any atom is -0.0295 e.